The summed E-state index contributed by atoms with van der Waals surface area (Å²) in [6, 6.07) is 14.0. The molecule has 126 valence electrons. The number of anilines is 1. The molecule has 0 fully saturated rings. The van der Waals surface area contributed by atoms with E-state index in [1.165, 1.54) is 11.8 Å². The first-order valence-electron chi connectivity index (χ1n) is 7.60. The van der Waals surface area contributed by atoms with Crippen LogP contribution >= 0.6 is 0 Å². The fourth-order valence-electron chi connectivity index (χ4n) is 2.75. The highest BCUT2D eigenvalue weighted by Gasteiger charge is 2.24. The van der Waals surface area contributed by atoms with Gasteiger partial charge in [0.25, 0.3) is 5.91 Å². The van der Waals surface area contributed by atoms with Crippen LogP contribution in [-0.4, -0.2) is 17.4 Å². The molecule has 7 heteroatoms. The molecule has 7 nitrogen and oxygen atoms in total. The van der Waals surface area contributed by atoms with Crippen LogP contribution in [0.15, 0.2) is 57.8 Å². The van der Waals surface area contributed by atoms with Crippen LogP contribution in [0.25, 0.3) is 11.1 Å². The highest BCUT2D eigenvalue weighted by Crippen LogP contribution is 2.34. The molecule has 3 aromatic rings. The van der Waals surface area contributed by atoms with Crippen LogP contribution in [0, 0.1) is 0 Å². The van der Waals surface area contributed by atoms with E-state index in [-0.39, 0.29) is 18.1 Å². The molecule has 1 aliphatic heterocycles. The number of nitrogens with zero attached hydrogens (tertiary/aromatic N) is 1. The van der Waals surface area contributed by atoms with Gasteiger partial charge in [0.2, 0.25) is 6.79 Å². The second kappa shape index (κ2) is 5.86. The quantitative estimate of drug-likeness (QED) is 0.794. The third kappa shape index (κ3) is 2.65. The summed E-state index contributed by atoms with van der Waals surface area (Å²) in [4.78, 5) is 24.9. The summed E-state index contributed by atoms with van der Waals surface area (Å²) in [5.74, 6) is 0.729. The van der Waals surface area contributed by atoms with Crippen molar-refractivity contribution < 1.29 is 18.8 Å². The van der Waals surface area contributed by atoms with E-state index < -0.39 is 11.5 Å². The van der Waals surface area contributed by atoms with E-state index in [2.05, 4.69) is 5.32 Å². The van der Waals surface area contributed by atoms with E-state index in [0.29, 0.717) is 22.7 Å². The number of nitrogens with one attached hydrogen (secondary N) is 1. The summed E-state index contributed by atoms with van der Waals surface area (Å²) >= 11 is 0. The van der Waals surface area contributed by atoms with Gasteiger partial charge in [-0.3, -0.25) is 4.79 Å². The van der Waals surface area contributed by atoms with Gasteiger partial charge < -0.3 is 19.3 Å². The number of carbonyl (C=O) groups is 1. The lowest BCUT2D eigenvalue weighted by molar-refractivity contribution is 0.100. The van der Waals surface area contributed by atoms with Gasteiger partial charge in [-0.05, 0) is 17.7 Å². The number of aryl methyl sites for hydroxylation is 1. The maximum atomic E-state index is 12.7. The fraction of sp³-hybridized carbons (Fsp3) is 0.111. The minimum atomic E-state index is -0.565. The average Bonchev–Trinajstić information content (AvgIpc) is 3.18. The van der Waals surface area contributed by atoms with Crippen molar-refractivity contribution in [2.75, 3.05) is 12.1 Å². The van der Waals surface area contributed by atoms with E-state index in [1.54, 1.807) is 42.5 Å². The van der Waals surface area contributed by atoms with Gasteiger partial charge in [0.15, 0.2) is 17.2 Å². The number of hydrogen-bond donors (Lipinski definition) is 1. The predicted octanol–water partition coefficient (Wildman–Crippen LogP) is 2.63. The highest BCUT2D eigenvalue weighted by molar-refractivity contribution is 6.07. The zero-order chi connectivity index (χ0) is 17.4. The molecule has 0 bridgehead atoms. The van der Waals surface area contributed by atoms with Gasteiger partial charge in [-0.15, -0.1) is 0 Å². The first-order valence-corrected chi connectivity index (χ1v) is 7.60. The summed E-state index contributed by atoms with van der Waals surface area (Å²) < 4.78 is 16.8. The molecule has 0 aliphatic carbocycles. The molecule has 1 amide bonds. The molecule has 0 saturated heterocycles. The van der Waals surface area contributed by atoms with Crippen molar-refractivity contribution in [1.29, 1.82) is 0 Å². The van der Waals surface area contributed by atoms with E-state index in [0.717, 1.165) is 0 Å². The monoisotopic (exact) mass is 338 g/mol. The zero-order valence-corrected chi connectivity index (χ0v) is 13.3. The summed E-state index contributed by atoms with van der Waals surface area (Å²) in [6.45, 7) is 0.154. The van der Waals surface area contributed by atoms with Crippen LogP contribution in [0.4, 0.5) is 5.69 Å². The lowest BCUT2D eigenvalue weighted by Crippen LogP contribution is -2.17. The molecule has 4 rings (SSSR count). The van der Waals surface area contributed by atoms with Crippen LogP contribution < -0.4 is 20.4 Å². The summed E-state index contributed by atoms with van der Waals surface area (Å²) in [5.41, 5.74) is 0.953. The number of ether oxygens (including phenoxy) is 2. The summed E-state index contributed by atoms with van der Waals surface area (Å²) in [6.07, 6.45) is 0. The molecule has 0 atom stereocenters. The van der Waals surface area contributed by atoms with Crippen LogP contribution in [-0.2, 0) is 7.05 Å². The third-order valence-corrected chi connectivity index (χ3v) is 3.88. The Bertz CT molecular complexity index is 1000. The van der Waals surface area contributed by atoms with Crippen molar-refractivity contribution in [2.24, 2.45) is 7.05 Å². The van der Waals surface area contributed by atoms with Gasteiger partial charge in [0, 0.05) is 18.8 Å². The van der Waals surface area contributed by atoms with Crippen molar-refractivity contribution in [3.05, 3.63) is 64.6 Å². The van der Waals surface area contributed by atoms with Gasteiger partial charge in [0.1, 0.15) is 5.56 Å². The van der Waals surface area contributed by atoms with Gasteiger partial charge in [-0.2, -0.15) is 0 Å². The van der Waals surface area contributed by atoms with Crippen LogP contribution in [0.1, 0.15) is 10.5 Å². The van der Waals surface area contributed by atoms with Crippen molar-refractivity contribution in [3.8, 4) is 22.6 Å². The Morgan fingerprint density at radius 3 is 2.64 bits per heavy atom. The molecule has 2 aromatic carbocycles. The Kier molecular flexibility index (Phi) is 3.53. The van der Waals surface area contributed by atoms with E-state index in [4.69, 9.17) is 14.0 Å². The topological polar surface area (TPSA) is 82.7 Å². The van der Waals surface area contributed by atoms with Gasteiger partial charge >= 0.3 is 5.63 Å². The molecule has 0 radical (unpaired) electrons. The average molecular weight is 338 g/mol. The summed E-state index contributed by atoms with van der Waals surface area (Å²) in [7, 11) is 1.52. The molecule has 0 unspecified atom stereocenters. The number of carbonyl (C=O) groups excluding carboxylic acids is 1. The Hall–Kier alpha value is -3.48. The van der Waals surface area contributed by atoms with Crippen molar-refractivity contribution in [3.63, 3.8) is 0 Å². The summed E-state index contributed by atoms with van der Waals surface area (Å²) in [5, 5.41) is 2.76. The number of aromatic nitrogens is 1. The molecular formula is C18H14N2O5. The minimum Gasteiger partial charge on any atom is -0.454 e. The van der Waals surface area contributed by atoms with Gasteiger partial charge in [0.05, 0.1) is 0 Å². The fourth-order valence-corrected chi connectivity index (χ4v) is 2.75. The van der Waals surface area contributed by atoms with E-state index in [1.807, 2.05) is 6.07 Å². The minimum absolute atomic E-state index is 0.147. The molecular weight excluding hydrogens is 324 g/mol. The Labute approximate surface area is 142 Å². The molecule has 1 N–H and O–H groups in total. The molecule has 0 spiro atoms. The Morgan fingerprint density at radius 1 is 1.08 bits per heavy atom. The zero-order valence-electron chi connectivity index (χ0n) is 13.3. The smallest absolute Gasteiger partial charge is 0.366 e. The third-order valence-electron chi connectivity index (χ3n) is 3.88. The number of fused-ring (bicyclic) bond motifs is 1. The lowest BCUT2D eigenvalue weighted by atomic mass is 10.1. The Morgan fingerprint density at radius 2 is 1.84 bits per heavy atom. The number of rotatable bonds is 3. The second-order valence-corrected chi connectivity index (χ2v) is 5.49. The normalized spacial score (nSPS) is 12.2. The van der Waals surface area contributed by atoms with E-state index in [9.17, 15) is 9.59 Å². The maximum Gasteiger partial charge on any atom is 0.366 e. The molecule has 1 aromatic heterocycles. The van der Waals surface area contributed by atoms with Crippen LogP contribution in [0.5, 0.6) is 11.5 Å². The molecule has 0 saturated carbocycles. The molecule has 2 heterocycles. The van der Waals surface area contributed by atoms with Crippen molar-refractivity contribution >= 4 is 11.6 Å². The van der Waals surface area contributed by atoms with Crippen molar-refractivity contribution in [1.82, 2.24) is 4.74 Å². The lowest BCUT2D eigenvalue weighted by Gasteiger charge is -2.07. The largest absolute Gasteiger partial charge is 0.454 e. The van der Waals surface area contributed by atoms with Crippen LogP contribution in [0.2, 0.25) is 0 Å². The first-order chi connectivity index (χ1) is 12.1. The SMILES string of the molecule is Cn1oc(=O)c(-c2ccccc2)c1C(=O)Nc1ccc2c(c1)OCO2. The predicted molar refractivity (Wildman–Crippen MR) is 89.9 cm³/mol. The van der Waals surface area contributed by atoms with Crippen molar-refractivity contribution in [2.45, 2.75) is 0 Å². The van der Waals surface area contributed by atoms with E-state index >= 15 is 0 Å². The maximum absolute atomic E-state index is 12.7. The first kappa shape index (κ1) is 15.1. The number of amides is 1. The standard InChI is InChI=1S/C18H14N2O5/c1-20-16(15(18(22)25-20)11-5-3-2-4-6-11)17(21)19-12-7-8-13-14(9-12)24-10-23-13/h2-9H,10H2,1H3,(H,19,21). The number of hydrogen-bond acceptors (Lipinski definition) is 5. The molecule has 25 heavy (non-hydrogen) atoms. The second-order valence-electron chi connectivity index (χ2n) is 5.49. The van der Waals surface area contributed by atoms with Gasteiger partial charge in [-0.1, -0.05) is 30.3 Å². The van der Waals surface area contributed by atoms with Gasteiger partial charge in [-0.25, -0.2) is 9.53 Å². The Balaban J connectivity index is 1.70. The highest BCUT2D eigenvalue weighted by atomic mass is 16.7. The molecule has 1 aliphatic rings. The number of benzene rings is 2. The van der Waals surface area contributed by atoms with Crippen LogP contribution in [0.3, 0.4) is 0 Å².